The summed E-state index contributed by atoms with van der Waals surface area (Å²) in [5.41, 5.74) is 10.2. The highest BCUT2D eigenvalue weighted by atomic mass is 32.2. The third-order valence-electron chi connectivity index (χ3n) is 4.00. The summed E-state index contributed by atoms with van der Waals surface area (Å²) in [6.07, 6.45) is 3.72. The second kappa shape index (κ2) is 6.12. The van der Waals surface area contributed by atoms with Crippen molar-refractivity contribution in [2.45, 2.75) is 42.0 Å². The minimum Gasteiger partial charge on any atom is -0.496 e. The molecule has 1 atom stereocenters. The summed E-state index contributed by atoms with van der Waals surface area (Å²) >= 11 is 1.78. The molecule has 0 spiro atoms. The average molecular weight is 299 g/mol. The standard InChI is InChI=1S/C18H21NOS/c1-12(19)18-16(20-2)7-4-8-17(18)21-15-10-9-13-5-3-6-14(13)11-15/h4,7-12H,3,5-6,19H2,1-2H3. The van der Waals surface area contributed by atoms with Crippen LogP contribution in [-0.2, 0) is 12.8 Å². The number of methoxy groups -OCH3 is 1. The molecule has 2 aromatic rings. The third kappa shape index (κ3) is 2.94. The molecule has 110 valence electrons. The molecule has 1 aliphatic rings. The summed E-state index contributed by atoms with van der Waals surface area (Å²) in [7, 11) is 1.70. The number of hydrogen-bond acceptors (Lipinski definition) is 3. The highest BCUT2D eigenvalue weighted by Crippen LogP contribution is 2.38. The van der Waals surface area contributed by atoms with Gasteiger partial charge < -0.3 is 10.5 Å². The second-order valence-electron chi connectivity index (χ2n) is 5.55. The molecule has 21 heavy (non-hydrogen) atoms. The van der Waals surface area contributed by atoms with E-state index in [4.69, 9.17) is 10.5 Å². The predicted molar refractivity (Wildman–Crippen MR) is 88.2 cm³/mol. The first-order valence-corrected chi connectivity index (χ1v) is 8.23. The first kappa shape index (κ1) is 14.5. The summed E-state index contributed by atoms with van der Waals surface area (Å²) in [4.78, 5) is 2.47. The zero-order chi connectivity index (χ0) is 14.8. The molecule has 2 N–H and O–H groups in total. The van der Waals surface area contributed by atoms with Crippen molar-refractivity contribution in [1.29, 1.82) is 0 Å². The van der Waals surface area contributed by atoms with Crippen molar-refractivity contribution in [2.75, 3.05) is 7.11 Å². The Labute approximate surface area is 130 Å². The quantitative estimate of drug-likeness (QED) is 0.911. The maximum atomic E-state index is 6.14. The Bertz CT molecular complexity index is 652. The van der Waals surface area contributed by atoms with E-state index in [1.54, 1.807) is 18.9 Å². The second-order valence-corrected chi connectivity index (χ2v) is 6.66. The van der Waals surface area contributed by atoms with E-state index < -0.39 is 0 Å². The highest BCUT2D eigenvalue weighted by molar-refractivity contribution is 7.99. The van der Waals surface area contributed by atoms with E-state index in [1.807, 2.05) is 19.1 Å². The summed E-state index contributed by atoms with van der Waals surface area (Å²) in [6.45, 7) is 2.00. The molecule has 0 radical (unpaired) electrons. The maximum absolute atomic E-state index is 6.14. The van der Waals surface area contributed by atoms with Crippen LogP contribution in [0.3, 0.4) is 0 Å². The van der Waals surface area contributed by atoms with Gasteiger partial charge in [-0.3, -0.25) is 0 Å². The lowest BCUT2D eigenvalue weighted by Crippen LogP contribution is -2.08. The molecule has 0 fully saturated rings. The van der Waals surface area contributed by atoms with Crippen molar-refractivity contribution in [2.24, 2.45) is 5.73 Å². The number of benzene rings is 2. The molecule has 0 bridgehead atoms. The number of aryl methyl sites for hydroxylation is 2. The van der Waals surface area contributed by atoms with Gasteiger partial charge in [0.2, 0.25) is 0 Å². The third-order valence-corrected chi connectivity index (χ3v) is 5.06. The van der Waals surface area contributed by atoms with Gasteiger partial charge in [0.15, 0.2) is 0 Å². The molecule has 0 aliphatic heterocycles. The Kier molecular flexibility index (Phi) is 4.22. The molecule has 0 saturated carbocycles. The van der Waals surface area contributed by atoms with E-state index in [0.29, 0.717) is 0 Å². The Morgan fingerprint density at radius 3 is 2.71 bits per heavy atom. The van der Waals surface area contributed by atoms with Crippen LogP contribution in [0.15, 0.2) is 46.2 Å². The Hall–Kier alpha value is -1.45. The molecule has 2 aromatic carbocycles. The lowest BCUT2D eigenvalue weighted by atomic mass is 10.1. The summed E-state index contributed by atoms with van der Waals surface area (Å²) in [5.74, 6) is 0.871. The van der Waals surface area contributed by atoms with Crippen LogP contribution in [0, 0.1) is 0 Å². The lowest BCUT2D eigenvalue weighted by molar-refractivity contribution is 0.405. The fourth-order valence-electron chi connectivity index (χ4n) is 2.98. The Balaban J connectivity index is 1.94. The average Bonchev–Trinajstić information content (AvgIpc) is 2.94. The Morgan fingerprint density at radius 1 is 1.14 bits per heavy atom. The molecule has 3 rings (SSSR count). The van der Waals surface area contributed by atoms with Crippen molar-refractivity contribution < 1.29 is 4.74 Å². The van der Waals surface area contributed by atoms with Crippen LogP contribution in [0.5, 0.6) is 5.75 Å². The van der Waals surface area contributed by atoms with E-state index in [-0.39, 0.29) is 6.04 Å². The van der Waals surface area contributed by atoms with Gasteiger partial charge in [-0.25, -0.2) is 0 Å². The minimum absolute atomic E-state index is 0.0434. The van der Waals surface area contributed by atoms with Gasteiger partial charge in [-0.2, -0.15) is 0 Å². The zero-order valence-corrected chi connectivity index (χ0v) is 13.4. The van der Waals surface area contributed by atoms with Gasteiger partial charge in [0, 0.05) is 21.4 Å². The monoisotopic (exact) mass is 299 g/mol. The molecule has 1 aliphatic carbocycles. The van der Waals surface area contributed by atoms with E-state index in [2.05, 4.69) is 24.3 Å². The summed E-state index contributed by atoms with van der Waals surface area (Å²) in [6, 6.07) is 12.9. The summed E-state index contributed by atoms with van der Waals surface area (Å²) in [5, 5.41) is 0. The zero-order valence-electron chi connectivity index (χ0n) is 12.6. The number of nitrogens with two attached hydrogens (primary N) is 1. The van der Waals surface area contributed by atoms with Crippen molar-refractivity contribution in [3.63, 3.8) is 0 Å². The SMILES string of the molecule is COc1cccc(Sc2ccc3c(c2)CCC3)c1C(C)N. The fourth-order valence-corrected chi connectivity index (χ4v) is 4.11. The van der Waals surface area contributed by atoms with Crippen LogP contribution < -0.4 is 10.5 Å². The largest absolute Gasteiger partial charge is 0.496 e. The fraction of sp³-hybridized carbons (Fsp3) is 0.333. The van der Waals surface area contributed by atoms with Crippen LogP contribution in [0.25, 0.3) is 0 Å². The first-order valence-electron chi connectivity index (χ1n) is 7.41. The topological polar surface area (TPSA) is 35.2 Å². The normalized spacial score (nSPS) is 14.8. The van der Waals surface area contributed by atoms with Crippen molar-refractivity contribution in [3.8, 4) is 5.75 Å². The van der Waals surface area contributed by atoms with E-state index in [1.165, 1.54) is 40.2 Å². The van der Waals surface area contributed by atoms with Crippen LogP contribution in [0.1, 0.15) is 36.1 Å². The van der Waals surface area contributed by atoms with Gasteiger partial charge >= 0.3 is 0 Å². The molecule has 2 nitrogen and oxygen atoms in total. The van der Waals surface area contributed by atoms with Gasteiger partial charge in [-0.05, 0) is 61.6 Å². The van der Waals surface area contributed by atoms with E-state index >= 15 is 0 Å². The van der Waals surface area contributed by atoms with Gasteiger partial charge in [0.25, 0.3) is 0 Å². The highest BCUT2D eigenvalue weighted by Gasteiger charge is 2.16. The minimum atomic E-state index is -0.0434. The summed E-state index contributed by atoms with van der Waals surface area (Å²) < 4.78 is 5.47. The lowest BCUT2D eigenvalue weighted by Gasteiger charge is -2.16. The molecule has 0 heterocycles. The van der Waals surface area contributed by atoms with Crippen LogP contribution in [0.2, 0.25) is 0 Å². The number of fused-ring (bicyclic) bond motifs is 1. The molecule has 0 aromatic heterocycles. The predicted octanol–water partition coefficient (Wildman–Crippen LogP) is 4.35. The van der Waals surface area contributed by atoms with E-state index in [9.17, 15) is 0 Å². The van der Waals surface area contributed by atoms with Gasteiger partial charge in [-0.15, -0.1) is 0 Å². The first-order chi connectivity index (χ1) is 10.2. The number of ether oxygens (including phenoxy) is 1. The van der Waals surface area contributed by atoms with Crippen LogP contribution >= 0.6 is 11.8 Å². The van der Waals surface area contributed by atoms with Crippen molar-refractivity contribution >= 4 is 11.8 Å². The molecular weight excluding hydrogens is 278 g/mol. The number of rotatable bonds is 4. The van der Waals surface area contributed by atoms with Gasteiger partial charge in [0.1, 0.15) is 5.75 Å². The van der Waals surface area contributed by atoms with Crippen molar-refractivity contribution in [3.05, 3.63) is 53.1 Å². The number of hydrogen-bond donors (Lipinski definition) is 1. The van der Waals surface area contributed by atoms with Crippen LogP contribution in [-0.4, -0.2) is 7.11 Å². The Morgan fingerprint density at radius 2 is 1.95 bits per heavy atom. The molecule has 1 unspecified atom stereocenters. The van der Waals surface area contributed by atoms with Crippen molar-refractivity contribution in [1.82, 2.24) is 0 Å². The molecule has 3 heteroatoms. The maximum Gasteiger partial charge on any atom is 0.124 e. The van der Waals surface area contributed by atoms with Gasteiger partial charge in [0.05, 0.1) is 7.11 Å². The molecule has 0 saturated heterocycles. The molecule has 0 amide bonds. The van der Waals surface area contributed by atoms with E-state index in [0.717, 1.165) is 11.3 Å². The molecular formula is C18H21NOS. The van der Waals surface area contributed by atoms with Gasteiger partial charge in [-0.1, -0.05) is 23.9 Å². The van der Waals surface area contributed by atoms with Crippen LogP contribution in [0.4, 0.5) is 0 Å². The smallest absolute Gasteiger partial charge is 0.124 e.